The number of amides is 1. The number of nitrogens with one attached hydrogen (secondary N) is 2. The molecule has 0 aliphatic carbocycles. The van der Waals surface area contributed by atoms with E-state index in [1.165, 1.54) is 0 Å². The van der Waals surface area contributed by atoms with E-state index >= 15 is 0 Å². The number of carbonyl (C=O) groups is 1. The predicted molar refractivity (Wildman–Crippen MR) is 117 cm³/mol. The zero-order chi connectivity index (χ0) is 21.1. The number of nitrogens with zero attached hydrogens (tertiary/aromatic N) is 4. The Labute approximate surface area is 176 Å². The first-order valence-electron chi connectivity index (χ1n) is 10.5. The number of rotatable bonds is 6. The van der Waals surface area contributed by atoms with Gasteiger partial charge < -0.3 is 10.2 Å². The van der Waals surface area contributed by atoms with Crippen molar-refractivity contribution in [2.45, 2.75) is 52.5 Å². The highest BCUT2D eigenvalue weighted by atomic mass is 16.2. The van der Waals surface area contributed by atoms with Gasteiger partial charge in [-0.2, -0.15) is 5.10 Å². The Kier molecular flexibility index (Phi) is 5.79. The number of hydrogen-bond acceptors (Lipinski definition) is 5. The van der Waals surface area contributed by atoms with Crippen molar-refractivity contribution in [1.82, 2.24) is 25.1 Å². The van der Waals surface area contributed by atoms with E-state index in [4.69, 9.17) is 4.98 Å². The SMILES string of the molecule is Cc1cc(Nc2ccccn2)cc([C@@H]2CCCN2C(=O)CCc2c(C)n[nH]c2C)n1. The molecule has 1 atom stereocenters. The normalized spacial score (nSPS) is 16.1. The van der Waals surface area contributed by atoms with Crippen LogP contribution >= 0.6 is 0 Å². The lowest BCUT2D eigenvalue weighted by Gasteiger charge is -2.25. The second-order valence-corrected chi connectivity index (χ2v) is 7.92. The van der Waals surface area contributed by atoms with Gasteiger partial charge in [0.1, 0.15) is 5.82 Å². The molecule has 0 bridgehead atoms. The third-order valence-corrected chi connectivity index (χ3v) is 5.69. The molecule has 1 fully saturated rings. The minimum Gasteiger partial charge on any atom is -0.340 e. The Morgan fingerprint density at radius 1 is 1.27 bits per heavy atom. The van der Waals surface area contributed by atoms with Crippen molar-refractivity contribution in [2.75, 3.05) is 11.9 Å². The van der Waals surface area contributed by atoms with E-state index in [-0.39, 0.29) is 11.9 Å². The molecule has 1 aliphatic heterocycles. The van der Waals surface area contributed by atoms with Crippen molar-refractivity contribution in [1.29, 1.82) is 0 Å². The van der Waals surface area contributed by atoms with E-state index in [0.29, 0.717) is 12.8 Å². The van der Waals surface area contributed by atoms with Crippen LogP contribution in [0.1, 0.15) is 53.6 Å². The molecular formula is C23H28N6O. The molecular weight excluding hydrogens is 376 g/mol. The van der Waals surface area contributed by atoms with Gasteiger partial charge in [0.25, 0.3) is 0 Å². The molecule has 3 aromatic rings. The van der Waals surface area contributed by atoms with E-state index in [2.05, 4.69) is 20.5 Å². The van der Waals surface area contributed by atoms with Crippen LogP contribution in [-0.4, -0.2) is 37.5 Å². The Morgan fingerprint density at radius 2 is 2.13 bits per heavy atom. The molecule has 0 radical (unpaired) electrons. The lowest BCUT2D eigenvalue weighted by Crippen LogP contribution is -2.31. The smallest absolute Gasteiger partial charge is 0.223 e. The molecule has 1 aliphatic rings. The van der Waals surface area contributed by atoms with Crippen molar-refractivity contribution in [3.05, 3.63) is 64.9 Å². The summed E-state index contributed by atoms with van der Waals surface area (Å²) in [5.41, 5.74) is 5.98. The Balaban J connectivity index is 1.49. The summed E-state index contributed by atoms with van der Waals surface area (Å²) in [5.74, 6) is 0.972. The zero-order valence-corrected chi connectivity index (χ0v) is 17.8. The van der Waals surface area contributed by atoms with Crippen LogP contribution in [0.15, 0.2) is 36.5 Å². The number of likely N-dealkylation sites (tertiary alicyclic amines) is 1. The zero-order valence-electron chi connectivity index (χ0n) is 17.8. The van der Waals surface area contributed by atoms with E-state index in [1.807, 2.05) is 56.0 Å². The van der Waals surface area contributed by atoms with Crippen LogP contribution in [0.25, 0.3) is 0 Å². The van der Waals surface area contributed by atoms with Gasteiger partial charge in [-0.25, -0.2) is 4.98 Å². The Morgan fingerprint density at radius 3 is 2.87 bits per heavy atom. The minimum atomic E-state index is 0.0215. The van der Waals surface area contributed by atoms with Gasteiger partial charge in [-0.1, -0.05) is 6.07 Å². The number of pyridine rings is 2. The number of aromatic amines is 1. The van der Waals surface area contributed by atoms with E-state index < -0.39 is 0 Å². The summed E-state index contributed by atoms with van der Waals surface area (Å²) in [6, 6.07) is 9.84. The quantitative estimate of drug-likeness (QED) is 0.644. The van der Waals surface area contributed by atoms with Gasteiger partial charge in [0.15, 0.2) is 0 Å². The second kappa shape index (κ2) is 8.65. The monoisotopic (exact) mass is 404 g/mol. The average molecular weight is 405 g/mol. The lowest BCUT2D eigenvalue weighted by atomic mass is 10.1. The maximum atomic E-state index is 13.0. The van der Waals surface area contributed by atoms with Crippen molar-refractivity contribution >= 4 is 17.4 Å². The van der Waals surface area contributed by atoms with Crippen molar-refractivity contribution in [3.8, 4) is 0 Å². The molecule has 2 N–H and O–H groups in total. The first-order valence-corrected chi connectivity index (χ1v) is 10.5. The summed E-state index contributed by atoms with van der Waals surface area (Å²) in [4.78, 5) is 24.1. The first-order chi connectivity index (χ1) is 14.5. The fraction of sp³-hybridized carbons (Fsp3) is 0.391. The Hall–Kier alpha value is -3.22. The third-order valence-electron chi connectivity index (χ3n) is 5.69. The van der Waals surface area contributed by atoms with Gasteiger partial charge in [0.05, 0.1) is 17.4 Å². The summed E-state index contributed by atoms with van der Waals surface area (Å²) in [6.45, 7) is 6.75. The summed E-state index contributed by atoms with van der Waals surface area (Å²) < 4.78 is 0. The highest BCUT2D eigenvalue weighted by molar-refractivity contribution is 5.77. The molecule has 4 rings (SSSR count). The van der Waals surface area contributed by atoms with Gasteiger partial charge in [-0.3, -0.25) is 14.9 Å². The van der Waals surface area contributed by atoms with Crippen LogP contribution in [0.3, 0.4) is 0 Å². The van der Waals surface area contributed by atoms with Gasteiger partial charge in [-0.05, 0) is 69.9 Å². The molecule has 0 saturated carbocycles. The van der Waals surface area contributed by atoms with Gasteiger partial charge in [-0.15, -0.1) is 0 Å². The van der Waals surface area contributed by atoms with Crippen LogP contribution < -0.4 is 5.32 Å². The molecule has 30 heavy (non-hydrogen) atoms. The van der Waals surface area contributed by atoms with Gasteiger partial charge in [0.2, 0.25) is 5.91 Å². The summed E-state index contributed by atoms with van der Waals surface area (Å²) in [6.07, 6.45) is 4.90. The molecule has 4 heterocycles. The van der Waals surface area contributed by atoms with Crippen LogP contribution in [0.5, 0.6) is 0 Å². The summed E-state index contributed by atoms with van der Waals surface area (Å²) >= 11 is 0. The molecule has 0 unspecified atom stereocenters. The van der Waals surface area contributed by atoms with E-state index in [1.54, 1.807) is 6.20 Å². The van der Waals surface area contributed by atoms with Crippen LogP contribution in [0.2, 0.25) is 0 Å². The molecule has 1 amide bonds. The van der Waals surface area contributed by atoms with Crippen molar-refractivity contribution in [2.24, 2.45) is 0 Å². The number of carbonyl (C=O) groups excluding carboxylic acids is 1. The fourth-order valence-electron chi connectivity index (χ4n) is 4.21. The largest absolute Gasteiger partial charge is 0.340 e. The predicted octanol–water partition coefficient (Wildman–Crippen LogP) is 4.16. The maximum absolute atomic E-state index is 13.0. The Bertz CT molecular complexity index is 1010. The molecule has 3 aromatic heterocycles. The third kappa shape index (κ3) is 4.35. The molecule has 156 valence electrons. The molecule has 1 saturated heterocycles. The minimum absolute atomic E-state index is 0.0215. The van der Waals surface area contributed by atoms with Crippen molar-refractivity contribution < 1.29 is 4.79 Å². The topological polar surface area (TPSA) is 86.8 Å². The highest BCUT2D eigenvalue weighted by Crippen LogP contribution is 2.33. The van der Waals surface area contributed by atoms with Crippen LogP contribution in [0, 0.1) is 20.8 Å². The number of anilines is 2. The number of H-pyrrole nitrogens is 1. The van der Waals surface area contributed by atoms with Gasteiger partial charge in [0, 0.05) is 36.2 Å². The lowest BCUT2D eigenvalue weighted by molar-refractivity contribution is -0.132. The standard InChI is InChI=1S/C23H28N6O/c1-15-13-18(26-22-8-4-5-11-24-22)14-20(25-15)21-7-6-12-29(21)23(30)10-9-19-16(2)27-28-17(19)3/h4-5,8,11,13-14,21H,6-7,9-10,12H2,1-3H3,(H,27,28)(H,24,25,26)/t21-/m0/s1. The first kappa shape index (κ1) is 20.1. The van der Waals surface area contributed by atoms with Crippen molar-refractivity contribution in [3.63, 3.8) is 0 Å². The highest BCUT2D eigenvalue weighted by Gasteiger charge is 2.31. The van der Waals surface area contributed by atoms with E-state index in [9.17, 15) is 4.79 Å². The van der Waals surface area contributed by atoms with Gasteiger partial charge >= 0.3 is 0 Å². The van der Waals surface area contributed by atoms with E-state index in [0.717, 1.165) is 59.2 Å². The molecule has 7 heteroatoms. The van der Waals surface area contributed by atoms with Crippen LogP contribution in [0.4, 0.5) is 11.5 Å². The average Bonchev–Trinajstić information content (AvgIpc) is 3.34. The number of aryl methyl sites for hydroxylation is 3. The molecule has 0 aromatic carbocycles. The summed E-state index contributed by atoms with van der Waals surface area (Å²) in [7, 11) is 0. The maximum Gasteiger partial charge on any atom is 0.223 e. The fourth-order valence-corrected chi connectivity index (χ4v) is 4.21. The molecule has 7 nitrogen and oxygen atoms in total. The molecule has 0 spiro atoms. The number of aromatic nitrogens is 4. The second-order valence-electron chi connectivity index (χ2n) is 7.92. The number of hydrogen-bond donors (Lipinski definition) is 2. The van der Waals surface area contributed by atoms with Crippen LogP contribution in [-0.2, 0) is 11.2 Å². The summed E-state index contributed by atoms with van der Waals surface area (Å²) in [5, 5.41) is 10.6.